The molecule has 2 aromatic heterocycles. The summed E-state index contributed by atoms with van der Waals surface area (Å²) in [4.78, 5) is 13.0. The van der Waals surface area contributed by atoms with E-state index in [1.807, 2.05) is 6.07 Å². The van der Waals surface area contributed by atoms with Crippen LogP contribution >= 0.6 is 15.9 Å². The largest absolute Gasteiger partial charge is 0.382 e. The van der Waals surface area contributed by atoms with Crippen molar-refractivity contribution in [1.82, 2.24) is 15.2 Å². The van der Waals surface area contributed by atoms with Crippen LogP contribution in [0.25, 0.3) is 10.9 Å². The molecule has 0 saturated heterocycles. The Morgan fingerprint density at radius 3 is 2.60 bits per heavy atom. The molecule has 0 aliphatic carbocycles. The molecule has 7 nitrogen and oxygen atoms in total. The molecule has 2 heterocycles. The number of hydrogen-bond donors (Lipinski definition) is 4. The smallest absolute Gasteiger partial charge is 0.309 e. The van der Waals surface area contributed by atoms with Crippen molar-refractivity contribution in [2.75, 3.05) is 5.73 Å². The number of nitrogen functional groups attached to an aromatic ring is 1. The third kappa shape index (κ3) is 2.81. The van der Waals surface area contributed by atoms with Crippen molar-refractivity contribution in [3.05, 3.63) is 16.9 Å². The molecule has 2 aromatic rings. The summed E-state index contributed by atoms with van der Waals surface area (Å²) < 4.78 is 0.723. The van der Waals surface area contributed by atoms with Gasteiger partial charge in [0.2, 0.25) is 0 Å². The van der Waals surface area contributed by atoms with Crippen LogP contribution in [0.5, 0.6) is 0 Å². The maximum atomic E-state index is 9.00. The van der Waals surface area contributed by atoms with E-state index in [9.17, 15) is 0 Å². The Hall–Kier alpha value is -1.83. The Kier molecular flexibility index (Phi) is 3.45. The molecule has 0 aromatic carbocycles. The van der Waals surface area contributed by atoms with Crippen LogP contribution in [0.1, 0.15) is 0 Å². The van der Waals surface area contributed by atoms with Crippen LogP contribution in [-0.4, -0.2) is 21.2 Å². The van der Waals surface area contributed by atoms with Gasteiger partial charge in [-0.1, -0.05) is 0 Å². The first kappa shape index (κ1) is 11.2. The van der Waals surface area contributed by atoms with Gasteiger partial charge in [-0.15, -0.1) is 0 Å². The van der Waals surface area contributed by atoms with Crippen LogP contribution in [0.3, 0.4) is 0 Å². The number of hydrogen-bond acceptors (Lipinski definition) is 4. The van der Waals surface area contributed by atoms with E-state index in [0.29, 0.717) is 5.82 Å². The lowest BCUT2D eigenvalue weighted by molar-refractivity contribution is 0.256. The summed E-state index contributed by atoms with van der Waals surface area (Å²) in [6, 6.07) is 0.990. The normalized spacial score (nSPS) is 9.40. The molecule has 0 fully saturated rings. The van der Waals surface area contributed by atoms with E-state index in [0.717, 1.165) is 15.5 Å². The molecule has 80 valence electrons. The molecule has 0 atom stereocenters. The first-order valence-corrected chi connectivity index (χ1v) is 4.60. The molecule has 2 rings (SSSR count). The van der Waals surface area contributed by atoms with E-state index in [2.05, 4.69) is 42.6 Å². The number of carbonyl (C=O) groups excluding carboxylic acids is 1. The van der Waals surface area contributed by atoms with Crippen molar-refractivity contribution in [2.24, 2.45) is 11.5 Å². The molecule has 8 heteroatoms. The van der Waals surface area contributed by atoms with Crippen molar-refractivity contribution >= 4 is 38.7 Å². The SMILES string of the molecule is NC(N)=O.Nc1n[nH]c2ccnc(Br)c12. The second-order valence-electron chi connectivity index (χ2n) is 2.54. The van der Waals surface area contributed by atoms with E-state index in [1.54, 1.807) is 6.20 Å². The molecule has 7 N–H and O–H groups in total. The van der Waals surface area contributed by atoms with E-state index in [1.165, 1.54) is 0 Å². The van der Waals surface area contributed by atoms with Gasteiger partial charge in [0.25, 0.3) is 0 Å². The fourth-order valence-electron chi connectivity index (χ4n) is 0.949. The van der Waals surface area contributed by atoms with Gasteiger partial charge in [0.15, 0.2) is 5.82 Å². The molecule has 0 spiro atoms. The highest BCUT2D eigenvalue weighted by Crippen LogP contribution is 2.23. The number of rotatable bonds is 0. The van der Waals surface area contributed by atoms with Crippen LogP contribution in [0.15, 0.2) is 16.9 Å². The first-order valence-electron chi connectivity index (χ1n) is 3.81. The summed E-state index contributed by atoms with van der Waals surface area (Å²) >= 11 is 3.28. The third-order valence-corrected chi connectivity index (χ3v) is 2.06. The fraction of sp³-hybridized carbons (Fsp3) is 0. The number of amides is 2. The van der Waals surface area contributed by atoms with Crippen molar-refractivity contribution in [2.45, 2.75) is 0 Å². The van der Waals surface area contributed by atoms with Crippen molar-refractivity contribution in [3.63, 3.8) is 0 Å². The molecule has 0 bridgehead atoms. The third-order valence-electron chi connectivity index (χ3n) is 1.46. The van der Waals surface area contributed by atoms with Crippen LogP contribution in [0.4, 0.5) is 10.6 Å². The number of aromatic amines is 1. The molecule has 0 aliphatic heterocycles. The van der Waals surface area contributed by atoms with Gasteiger partial charge in [0.05, 0.1) is 10.9 Å². The maximum Gasteiger partial charge on any atom is 0.309 e. The van der Waals surface area contributed by atoms with Crippen LogP contribution < -0.4 is 17.2 Å². The van der Waals surface area contributed by atoms with Gasteiger partial charge >= 0.3 is 6.03 Å². The topological polar surface area (TPSA) is 137 Å². The lowest BCUT2D eigenvalue weighted by Gasteiger charge is -1.90. The van der Waals surface area contributed by atoms with Crippen molar-refractivity contribution in [1.29, 1.82) is 0 Å². The number of carbonyl (C=O) groups is 1. The zero-order valence-corrected chi connectivity index (χ0v) is 9.15. The number of aromatic nitrogens is 3. The number of primary amides is 2. The zero-order chi connectivity index (χ0) is 11.4. The van der Waals surface area contributed by atoms with Gasteiger partial charge < -0.3 is 17.2 Å². The fourth-order valence-corrected chi connectivity index (χ4v) is 1.48. The maximum absolute atomic E-state index is 9.00. The Bertz CT molecular complexity index is 477. The minimum atomic E-state index is -0.833. The van der Waals surface area contributed by atoms with Crippen LogP contribution in [0.2, 0.25) is 0 Å². The minimum absolute atomic E-state index is 0.472. The van der Waals surface area contributed by atoms with Gasteiger partial charge in [-0.2, -0.15) is 5.10 Å². The molecular weight excluding hydrogens is 264 g/mol. The first-order chi connectivity index (χ1) is 7.02. The molecule has 2 amide bonds. The number of anilines is 1. The van der Waals surface area contributed by atoms with Crippen molar-refractivity contribution < 1.29 is 4.79 Å². The Morgan fingerprint density at radius 2 is 2.07 bits per heavy atom. The molecule has 0 saturated carbocycles. The van der Waals surface area contributed by atoms with Crippen molar-refractivity contribution in [3.8, 4) is 0 Å². The van der Waals surface area contributed by atoms with E-state index < -0.39 is 6.03 Å². The minimum Gasteiger partial charge on any atom is -0.382 e. The number of nitrogens with zero attached hydrogens (tertiary/aromatic N) is 2. The number of pyridine rings is 1. The second kappa shape index (κ2) is 4.60. The standard InChI is InChI=1S/C6H5BrN4.CH4N2O/c7-5-4-3(1-2-9-5)10-11-6(4)8;2-1(3)4/h1-2H,(H3,8,10,11);(H4,2,3,4). The van der Waals surface area contributed by atoms with E-state index in [4.69, 9.17) is 10.5 Å². The quantitative estimate of drug-likeness (QED) is 0.514. The Balaban J connectivity index is 0.000000245. The number of nitrogens with one attached hydrogen (secondary N) is 1. The lowest BCUT2D eigenvalue weighted by atomic mass is 10.3. The predicted molar refractivity (Wildman–Crippen MR) is 59.8 cm³/mol. The summed E-state index contributed by atoms with van der Waals surface area (Å²) in [5, 5.41) is 7.46. The molecule has 15 heavy (non-hydrogen) atoms. The zero-order valence-electron chi connectivity index (χ0n) is 7.57. The summed E-state index contributed by atoms with van der Waals surface area (Å²) in [7, 11) is 0. The average Bonchev–Trinajstić information content (AvgIpc) is 2.48. The predicted octanol–water partition coefficient (Wildman–Crippen LogP) is 0.326. The van der Waals surface area contributed by atoms with Gasteiger partial charge in [0.1, 0.15) is 4.60 Å². The summed E-state index contributed by atoms with van der Waals surface area (Å²) in [5.41, 5.74) is 15.0. The van der Waals surface area contributed by atoms with Crippen LogP contribution in [-0.2, 0) is 0 Å². The molecular formula is C7H9BrN6O. The van der Waals surface area contributed by atoms with E-state index >= 15 is 0 Å². The van der Waals surface area contributed by atoms with Crippen LogP contribution in [0, 0.1) is 0 Å². The number of fused-ring (bicyclic) bond motifs is 1. The number of nitrogens with two attached hydrogens (primary N) is 3. The van der Waals surface area contributed by atoms with Gasteiger partial charge in [-0.25, -0.2) is 9.78 Å². The summed E-state index contributed by atoms with van der Waals surface area (Å²) in [5.74, 6) is 0.472. The highest BCUT2D eigenvalue weighted by atomic mass is 79.9. The molecule has 0 unspecified atom stereocenters. The van der Waals surface area contributed by atoms with Gasteiger partial charge in [-0.05, 0) is 22.0 Å². The van der Waals surface area contributed by atoms with Gasteiger partial charge in [-0.3, -0.25) is 5.10 Å². The summed E-state index contributed by atoms with van der Waals surface area (Å²) in [6.45, 7) is 0. The lowest BCUT2D eigenvalue weighted by Crippen LogP contribution is -2.18. The molecule has 0 radical (unpaired) electrons. The Morgan fingerprint density at radius 1 is 1.47 bits per heavy atom. The second-order valence-corrected chi connectivity index (χ2v) is 3.29. The highest BCUT2D eigenvalue weighted by Gasteiger charge is 2.04. The van der Waals surface area contributed by atoms with E-state index in [-0.39, 0.29) is 0 Å². The number of halogens is 1. The van der Waals surface area contributed by atoms with Gasteiger partial charge in [0, 0.05) is 6.20 Å². The highest BCUT2D eigenvalue weighted by molar-refractivity contribution is 9.10. The number of urea groups is 1. The average molecular weight is 273 g/mol. The summed E-state index contributed by atoms with van der Waals surface area (Å²) in [6.07, 6.45) is 1.68. The Labute approximate surface area is 93.1 Å². The number of H-pyrrole nitrogens is 1. The molecule has 0 aliphatic rings. The monoisotopic (exact) mass is 272 g/mol.